The quantitative estimate of drug-likeness (QED) is 0.477. The van der Waals surface area contributed by atoms with Crippen molar-refractivity contribution in [3.8, 4) is 0 Å². The van der Waals surface area contributed by atoms with Crippen LogP contribution in [0.5, 0.6) is 0 Å². The highest BCUT2D eigenvalue weighted by molar-refractivity contribution is 4.89. The first kappa shape index (κ1) is 9.88. The van der Waals surface area contributed by atoms with Crippen LogP contribution in [-0.2, 0) is 9.47 Å². The van der Waals surface area contributed by atoms with Gasteiger partial charge in [-0.15, -0.1) is 0 Å². The van der Waals surface area contributed by atoms with Crippen LogP contribution in [0.4, 0.5) is 0 Å². The molecule has 0 spiro atoms. The number of rotatable bonds is 2. The molecule has 3 N–H and O–H groups in total. The summed E-state index contributed by atoms with van der Waals surface area (Å²) in [5, 5.41) is 27.5. The molecule has 0 aromatic rings. The molecule has 0 saturated carbocycles. The minimum atomic E-state index is -1.27. The Labute approximate surface area is 70.5 Å². The van der Waals surface area contributed by atoms with Crippen LogP contribution >= 0.6 is 0 Å². The minimum Gasteiger partial charge on any atom is -0.391 e. The molecule has 1 rings (SSSR count). The van der Waals surface area contributed by atoms with Crippen molar-refractivity contribution in [1.82, 2.24) is 0 Å². The first-order chi connectivity index (χ1) is 5.57. The van der Waals surface area contributed by atoms with E-state index < -0.39 is 30.7 Å². The summed E-state index contributed by atoms with van der Waals surface area (Å²) in [5.74, 6) is 0. The van der Waals surface area contributed by atoms with Gasteiger partial charge in [0.2, 0.25) is 0 Å². The summed E-state index contributed by atoms with van der Waals surface area (Å²) in [6.07, 6.45) is -4.47. The molecule has 1 aliphatic rings. The van der Waals surface area contributed by atoms with E-state index in [1.165, 1.54) is 14.0 Å². The number of ether oxygens (including phenoxy) is 2. The highest BCUT2D eigenvalue weighted by Gasteiger charge is 2.45. The molecule has 0 radical (unpaired) electrons. The Hall–Kier alpha value is -0.200. The van der Waals surface area contributed by atoms with Gasteiger partial charge in [0.1, 0.15) is 18.3 Å². The average molecular weight is 178 g/mol. The first-order valence-corrected chi connectivity index (χ1v) is 3.80. The van der Waals surface area contributed by atoms with E-state index >= 15 is 0 Å². The summed E-state index contributed by atoms with van der Waals surface area (Å²) in [6.45, 7) is 1.52. The molecule has 0 amide bonds. The van der Waals surface area contributed by atoms with Gasteiger partial charge >= 0.3 is 0 Å². The van der Waals surface area contributed by atoms with Crippen molar-refractivity contribution >= 4 is 0 Å². The fourth-order valence-electron chi connectivity index (χ4n) is 1.34. The SMILES string of the molecule is CO[C@@H]1[C@@H](O)[C@@H](O)O[C@H]1[C@@H](C)O. The predicted octanol–water partition coefficient (Wildman–Crippen LogP) is -1.54. The Kier molecular flexibility index (Phi) is 3.03. The van der Waals surface area contributed by atoms with Crippen molar-refractivity contribution < 1.29 is 24.8 Å². The maximum absolute atomic E-state index is 9.27. The lowest BCUT2D eigenvalue weighted by atomic mass is 10.1. The number of methoxy groups -OCH3 is 1. The molecule has 1 saturated heterocycles. The van der Waals surface area contributed by atoms with Crippen LogP contribution in [0.25, 0.3) is 0 Å². The molecule has 1 aliphatic heterocycles. The highest BCUT2D eigenvalue weighted by atomic mass is 16.7. The standard InChI is InChI=1S/C7H14O5/c1-3(8)5-6(11-2)4(9)7(10)12-5/h3-10H,1-2H3/t3-,4-,5+,6-,7+/m1/s1. The number of hydrogen-bond donors (Lipinski definition) is 3. The zero-order valence-electron chi connectivity index (χ0n) is 7.04. The van der Waals surface area contributed by atoms with E-state index in [0.717, 1.165) is 0 Å². The van der Waals surface area contributed by atoms with Crippen LogP contribution in [0.1, 0.15) is 6.92 Å². The van der Waals surface area contributed by atoms with Gasteiger partial charge in [-0.3, -0.25) is 0 Å². The topological polar surface area (TPSA) is 79.2 Å². The monoisotopic (exact) mass is 178 g/mol. The molecule has 1 fully saturated rings. The fourth-order valence-corrected chi connectivity index (χ4v) is 1.34. The van der Waals surface area contributed by atoms with E-state index in [-0.39, 0.29) is 0 Å². The lowest BCUT2D eigenvalue weighted by molar-refractivity contribution is -0.143. The van der Waals surface area contributed by atoms with Gasteiger partial charge in [-0.1, -0.05) is 0 Å². The molecule has 72 valence electrons. The average Bonchev–Trinajstić information content (AvgIpc) is 2.29. The van der Waals surface area contributed by atoms with Crippen molar-refractivity contribution in [2.24, 2.45) is 0 Å². The molecule has 0 bridgehead atoms. The van der Waals surface area contributed by atoms with E-state index in [0.29, 0.717) is 0 Å². The molecule has 1 heterocycles. The van der Waals surface area contributed by atoms with Crippen LogP contribution in [0.2, 0.25) is 0 Å². The molecule has 5 heteroatoms. The Morgan fingerprint density at radius 2 is 2.00 bits per heavy atom. The maximum Gasteiger partial charge on any atom is 0.184 e. The van der Waals surface area contributed by atoms with Crippen molar-refractivity contribution in [3.05, 3.63) is 0 Å². The van der Waals surface area contributed by atoms with Crippen molar-refractivity contribution in [2.45, 2.75) is 37.6 Å². The van der Waals surface area contributed by atoms with Crippen LogP contribution in [0.15, 0.2) is 0 Å². The van der Waals surface area contributed by atoms with E-state index in [2.05, 4.69) is 0 Å². The van der Waals surface area contributed by atoms with E-state index in [1.54, 1.807) is 0 Å². The van der Waals surface area contributed by atoms with Gasteiger partial charge in [0.05, 0.1) is 6.10 Å². The van der Waals surface area contributed by atoms with Crippen molar-refractivity contribution in [1.29, 1.82) is 0 Å². The number of hydrogen-bond acceptors (Lipinski definition) is 5. The van der Waals surface area contributed by atoms with Crippen molar-refractivity contribution in [3.63, 3.8) is 0 Å². The normalized spacial score (nSPS) is 44.8. The second-order valence-electron chi connectivity index (χ2n) is 2.92. The Bertz CT molecular complexity index is 149. The molecule has 5 atom stereocenters. The largest absolute Gasteiger partial charge is 0.391 e. The van der Waals surface area contributed by atoms with Crippen LogP contribution in [0.3, 0.4) is 0 Å². The van der Waals surface area contributed by atoms with Gasteiger partial charge in [0.15, 0.2) is 6.29 Å². The summed E-state index contributed by atoms with van der Waals surface area (Å²) < 4.78 is 9.74. The predicted molar refractivity (Wildman–Crippen MR) is 39.4 cm³/mol. The van der Waals surface area contributed by atoms with Gasteiger partial charge in [-0.2, -0.15) is 0 Å². The van der Waals surface area contributed by atoms with E-state index in [1.807, 2.05) is 0 Å². The summed E-state index contributed by atoms with van der Waals surface area (Å²) in [5.41, 5.74) is 0. The smallest absolute Gasteiger partial charge is 0.184 e. The molecular weight excluding hydrogens is 164 g/mol. The molecule has 5 nitrogen and oxygen atoms in total. The maximum atomic E-state index is 9.27. The van der Waals surface area contributed by atoms with Gasteiger partial charge in [0, 0.05) is 7.11 Å². The van der Waals surface area contributed by atoms with E-state index in [4.69, 9.17) is 19.7 Å². The third kappa shape index (κ3) is 1.60. The molecule has 12 heavy (non-hydrogen) atoms. The van der Waals surface area contributed by atoms with Crippen LogP contribution < -0.4 is 0 Å². The summed E-state index contributed by atoms with van der Waals surface area (Å²) >= 11 is 0. The third-order valence-corrected chi connectivity index (χ3v) is 2.00. The fraction of sp³-hybridized carbons (Fsp3) is 1.00. The summed E-state index contributed by atoms with van der Waals surface area (Å²) in [6, 6.07) is 0. The van der Waals surface area contributed by atoms with E-state index in [9.17, 15) is 5.11 Å². The second-order valence-corrected chi connectivity index (χ2v) is 2.92. The lowest BCUT2D eigenvalue weighted by Crippen LogP contribution is -2.39. The van der Waals surface area contributed by atoms with Crippen LogP contribution in [-0.4, -0.2) is 53.1 Å². The van der Waals surface area contributed by atoms with Gasteiger partial charge in [-0.25, -0.2) is 0 Å². The highest BCUT2D eigenvalue weighted by Crippen LogP contribution is 2.24. The minimum absolute atomic E-state index is 0.667. The van der Waals surface area contributed by atoms with Gasteiger partial charge in [-0.05, 0) is 6.92 Å². The van der Waals surface area contributed by atoms with Crippen molar-refractivity contribution in [2.75, 3.05) is 7.11 Å². The molecule has 0 aromatic carbocycles. The zero-order valence-corrected chi connectivity index (χ0v) is 7.04. The number of aliphatic hydroxyl groups is 3. The summed E-state index contributed by atoms with van der Waals surface area (Å²) in [7, 11) is 1.39. The Morgan fingerprint density at radius 1 is 1.42 bits per heavy atom. The Balaban J connectivity index is 2.65. The lowest BCUT2D eigenvalue weighted by Gasteiger charge is -2.20. The second kappa shape index (κ2) is 3.68. The molecular formula is C7H14O5. The summed E-state index contributed by atoms with van der Waals surface area (Å²) in [4.78, 5) is 0. The first-order valence-electron chi connectivity index (χ1n) is 3.80. The van der Waals surface area contributed by atoms with Crippen LogP contribution in [0, 0.1) is 0 Å². The number of aliphatic hydroxyl groups excluding tert-OH is 3. The Morgan fingerprint density at radius 3 is 2.33 bits per heavy atom. The van der Waals surface area contributed by atoms with Gasteiger partial charge in [0.25, 0.3) is 0 Å². The zero-order chi connectivity index (χ0) is 9.30. The molecule has 0 aliphatic carbocycles. The third-order valence-electron chi connectivity index (χ3n) is 2.00. The van der Waals surface area contributed by atoms with Gasteiger partial charge < -0.3 is 24.8 Å². The molecule has 0 unspecified atom stereocenters. The molecule has 0 aromatic heterocycles.